The van der Waals surface area contributed by atoms with Crippen molar-refractivity contribution in [1.29, 1.82) is 5.26 Å². The smallest absolute Gasteiger partial charge is 0.240 e. The number of methoxy groups -OCH3 is 1. The van der Waals surface area contributed by atoms with E-state index in [4.69, 9.17) is 4.74 Å². The topological polar surface area (TPSA) is 62.1 Å². The summed E-state index contributed by atoms with van der Waals surface area (Å²) in [6.45, 7) is 0.547. The average Bonchev–Trinajstić information content (AvgIpc) is 2.77. The maximum Gasteiger partial charge on any atom is 0.240 e. The van der Waals surface area contributed by atoms with E-state index in [-0.39, 0.29) is 11.5 Å². The van der Waals surface area contributed by atoms with Gasteiger partial charge in [-0.25, -0.2) is 0 Å². The molecule has 2 aliphatic rings. The van der Waals surface area contributed by atoms with Gasteiger partial charge in [0, 0.05) is 13.7 Å². The molecule has 0 radical (unpaired) electrons. The summed E-state index contributed by atoms with van der Waals surface area (Å²) in [6.07, 6.45) is 6.54. The van der Waals surface area contributed by atoms with Gasteiger partial charge < -0.3 is 10.1 Å². The van der Waals surface area contributed by atoms with Gasteiger partial charge >= 0.3 is 0 Å². The van der Waals surface area contributed by atoms with Gasteiger partial charge in [-0.15, -0.1) is 0 Å². The molecule has 17 heavy (non-hydrogen) atoms. The van der Waals surface area contributed by atoms with Crippen molar-refractivity contribution in [3.8, 4) is 6.07 Å². The number of rotatable bonds is 4. The summed E-state index contributed by atoms with van der Waals surface area (Å²) in [5, 5.41) is 12.1. The van der Waals surface area contributed by atoms with Gasteiger partial charge in [0.2, 0.25) is 5.91 Å². The van der Waals surface area contributed by atoms with Crippen LogP contribution in [0.2, 0.25) is 0 Å². The Kier molecular flexibility index (Phi) is 3.39. The van der Waals surface area contributed by atoms with Crippen LogP contribution in [0.15, 0.2) is 0 Å². The highest BCUT2D eigenvalue weighted by Gasteiger charge is 2.43. The van der Waals surface area contributed by atoms with Crippen molar-refractivity contribution in [2.24, 2.45) is 5.41 Å². The summed E-state index contributed by atoms with van der Waals surface area (Å²) in [5.74, 6) is -0.0965. The normalized spacial score (nSPS) is 24.7. The largest absolute Gasteiger partial charge is 0.376 e. The van der Waals surface area contributed by atoms with Gasteiger partial charge in [0.25, 0.3) is 0 Å². The maximum absolute atomic E-state index is 12.1. The lowest BCUT2D eigenvalue weighted by molar-refractivity contribution is -0.131. The van der Waals surface area contributed by atoms with Crippen LogP contribution in [0.25, 0.3) is 0 Å². The standard InChI is InChI=1S/C13H20N2O2/c1-17-13(7-4-8-13)10-15-11(16)12(9-14)5-2-3-6-12/h2-8,10H2,1H3,(H,15,16). The van der Waals surface area contributed by atoms with E-state index in [0.29, 0.717) is 19.4 Å². The SMILES string of the molecule is COC1(CNC(=O)C2(C#N)CCCC2)CCC1. The first-order valence-corrected chi connectivity index (χ1v) is 6.41. The second-order valence-corrected chi connectivity index (χ2v) is 5.32. The summed E-state index contributed by atoms with van der Waals surface area (Å²) in [7, 11) is 1.70. The Labute approximate surface area is 102 Å². The molecule has 0 heterocycles. The number of nitrogens with zero attached hydrogens (tertiary/aromatic N) is 1. The fourth-order valence-electron chi connectivity index (χ4n) is 2.80. The average molecular weight is 236 g/mol. The van der Waals surface area contributed by atoms with Crippen molar-refractivity contribution in [3.05, 3.63) is 0 Å². The fraction of sp³-hybridized carbons (Fsp3) is 0.846. The summed E-state index contributed by atoms with van der Waals surface area (Å²) in [5.41, 5.74) is -0.927. The van der Waals surface area contributed by atoms with E-state index >= 15 is 0 Å². The summed E-state index contributed by atoms with van der Waals surface area (Å²) < 4.78 is 5.46. The molecule has 0 aromatic carbocycles. The Morgan fingerprint density at radius 3 is 2.35 bits per heavy atom. The number of amides is 1. The number of ether oxygens (including phenoxy) is 1. The minimum absolute atomic E-state index is 0.0965. The van der Waals surface area contributed by atoms with E-state index < -0.39 is 5.41 Å². The number of nitrogens with one attached hydrogen (secondary N) is 1. The van der Waals surface area contributed by atoms with E-state index in [1.807, 2.05) is 0 Å². The summed E-state index contributed by atoms with van der Waals surface area (Å²) in [4.78, 5) is 12.1. The highest BCUT2D eigenvalue weighted by molar-refractivity contribution is 5.85. The molecule has 0 unspecified atom stereocenters. The minimum atomic E-state index is -0.765. The Morgan fingerprint density at radius 1 is 1.29 bits per heavy atom. The van der Waals surface area contributed by atoms with E-state index in [1.165, 1.54) is 0 Å². The van der Waals surface area contributed by atoms with E-state index in [0.717, 1.165) is 32.1 Å². The van der Waals surface area contributed by atoms with E-state index in [1.54, 1.807) is 7.11 Å². The van der Waals surface area contributed by atoms with Crippen molar-refractivity contribution in [3.63, 3.8) is 0 Å². The molecule has 0 aromatic heterocycles. The molecule has 0 atom stereocenters. The summed E-state index contributed by atoms with van der Waals surface area (Å²) in [6, 6.07) is 2.21. The molecule has 2 fully saturated rings. The third-order valence-electron chi connectivity index (χ3n) is 4.37. The molecule has 0 saturated heterocycles. The zero-order valence-electron chi connectivity index (χ0n) is 10.4. The number of hydrogen-bond acceptors (Lipinski definition) is 3. The second-order valence-electron chi connectivity index (χ2n) is 5.32. The molecule has 0 aromatic rings. The van der Waals surface area contributed by atoms with Crippen LogP contribution in [-0.2, 0) is 9.53 Å². The van der Waals surface area contributed by atoms with Crippen molar-refractivity contribution >= 4 is 5.91 Å². The first-order chi connectivity index (χ1) is 8.16. The van der Waals surface area contributed by atoms with Gasteiger partial charge in [-0.3, -0.25) is 4.79 Å². The van der Waals surface area contributed by atoms with Crippen molar-refractivity contribution in [1.82, 2.24) is 5.32 Å². The molecule has 2 rings (SSSR count). The Hall–Kier alpha value is -1.08. The maximum atomic E-state index is 12.1. The van der Waals surface area contributed by atoms with Gasteiger partial charge in [0.1, 0.15) is 5.41 Å². The predicted molar refractivity (Wildman–Crippen MR) is 63.1 cm³/mol. The number of hydrogen-bond donors (Lipinski definition) is 1. The van der Waals surface area contributed by atoms with Gasteiger partial charge in [-0.2, -0.15) is 5.26 Å². The van der Waals surface area contributed by atoms with Crippen LogP contribution in [-0.4, -0.2) is 25.2 Å². The molecule has 2 saturated carbocycles. The lowest BCUT2D eigenvalue weighted by atomic mass is 9.79. The fourth-order valence-corrected chi connectivity index (χ4v) is 2.80. The van der Waals surface area contributed by atoms with E-state index in [2.05, 4.69) is 11.4 Å². The van der Waals surface area contributed by atoms with Crippen LogP contribution >= 0.6 is 0 Å². The third-order valence-corrected chi connectivity index (χ3v) is 4.37. The Bertz CT molecular complexity index is 330. The quantitative estimate of drug-likeness (QED) is 0.809. The van der Waals surface area contributed by atoms with Gasteiger partial charge in [0.05, 0.1) is 11.7 Å². The molecule has 0 bridgehead atoms. The zero-order valence-corrected chi connectivity index (χ0v) is 10.4. The van der Waals surface area contributed by atoms with Crippen LogP contribution < -0.4 is 5.32 Å². The van der Waals surface area contributed by atoms with Crippen LogP contribution in [0.1, 0.15) is 44.9 Å². The van der Waals surface area contributed by atoms with Crippen LogP contribution in [0.5, 0.6) is 0 Å². The minimum Gasteiger partial charge on any atom is -0.376 e. The van der Waals surface area contributed by atoms with Crippen LogP contribution in [0, 0.1) is 16.7 Å². The second kappa shape index (κ2) is 4.66. The number of carbonyl (C=O) groups is 1. The molecule has 0 aliphatic heterocycles. The molecular formula is C13H20N2O2. The molecule has 4 heteroatoms. The Balaban J connectivity index is 1.91. The lowest BCUT2D eigenvalue weighted by Gasteiger charge is -2.41. The molecule has 0 spiro atoms. The molecule has 1 amide bonds. The summed E-state index contributed by atoms with van der Waals surface area (Å²) >= 11 is 0. The zero-order chi connectivity index (χ0) is 12.4. The Morgan fingerprint density at radius 2 is 1.94 bits per heavy atom. The van der Waals surface area contributed by atoms with Gasteiger partial charge in [-0.05, 0) is 32.1 Å². The van der Waals surface area contributed by atoms with E-state index in [9.17, 15) is 10.1 Å². The third kappa shape index (κ3) is 2.16. The lowest BCUT2D eigenvalue weighted by Crippen LogP contribution is -2.51. The van der Waals surface area contributed by atoms with Crippen molar-refractivity contribution in [2.45, 2.75) is 50.5 Å². The first-order valence-electron chi connectivity index (χ1n) is 6.41. The number of carbonyl (C=O) groups excluding carboxylic acids is 1. The van der Waals surface area contributed by atoms with Gasteiger partial charge in [0.15, 0.2) is 0 Å². The highest BCUT2D eigenvalue weighted by atomic mass is 16.5. The number of nitriles is 1. The first kappa shape index (κ1) is 12.4. The molecule has 2 aliphatic carbocycles. The predicted octanol–water partition coefficient (Wildman–Crippen LogP) is 1.76. The van der Waals surface area contributed by atoms with Crippen molar-refractivity contribution in [2.75, 3.05) is 13.7 Å². The molecular weight excluding hydrogens is 216 g/mol. The molecule has 94 valence electrons. The molecule has 4 nitrogen and oxygen atoms in total. The van der Waals surface area contributed by atoms with Crippen LogP contribution in [0.4, 0.5) is 0 Å². The van der Waals surface area contributed by atoms with Gasteiger partial charge in [-0.1, -0.05) is 12.8 Å². The monoisotopic (exact) mass is 236 g/mol. The van der Waals surface area contributed by atoms with Crippen LogP contribution in [0.3, 0.4) is 0 Å². The molecule has 1 N–H and O–H groups in total. The highest BCUT2D eigenvalue weighted by Crippen LogP contribution is 2.38. The van der Waals surface area contributed by atoms with Crippen molar-refractivity contribution < 1.29 is 9.53 Å².